The van der Waals surface area contributed by atoms with Crippen LogP contribution in [0.3, 0.4) is 0 Å². The molecule has 1 aromatic carbocycles. The number of nitrogens with one attached hydrogen (secondary N) is 1. The van der Waals surface area contributed by atoms with E-state index < -0.39 is 0 Å². The van der Waals surface area contributed by atoms with E-state index >= 15 is 0 Å². The Labute approximate surface area is 145 Å². The van der Waals surface area contributed by atoms with Crippen molar-refractivity contribution in [1.82, 2.24) is 20.1 Å². The molecule has 2 aromatic rings. The molecule has 2 amide bonds. The van der Waals surface area contributed by atoms with Gasteiger partial charge in [0.05, 0.1) is 6.42 Å². The van der Waals surface area contributed by atoms with Gasteiger partial charge in [-0.1, -0.05) is 12.1 Å². The summed E-state index contributed by atoms with van der Waals surface area (Å²) in [6, 6.07) is 7.01. The van der Waals surface area contributed by atoms with E-state index in [0.29, 0.717) is 12.3 Å². The lowest BCUT2D eigenvalue weighted by atomic mass is 10.1. The number of nitrogens with zero attached hydrogens (tertiary/aromatic N) is 3. The molecule has 132 valence electrons. The molecule has 0 radical (unpaired) electrons. The molecule has 1 aliphatic heterocycles. The molecule has 3 N–H and O–H groups in total. The van der Waals surface area contributed by atoms with E-state index in [-0.39, 0.29) is 30.9 Å². The van der Waals surface area contributed by atoms with Crippen molar-refractivity contribution in [3.8, 4) is 5.75 Å². The molecule has 0 bridgehead atoms. The van der Waals surface area contributed by atoms with Crippen LogP contribution in [-0.4, -0.2) is 39.2 Å². The first-order valence-corrected chi connectivity index (χ1v) is 8.19. The van der Waals surface area contributed by atoms with Gasteiger partial charge >= 0.3 is 0 Å². The Morgan fingerprint density at radius 1 is 1.32 bits per heavy atom. The maximum atomic E-state index is 12.1. The van der Waals surface area contributed by atoms with Crippen LogP contribution in [0.25, 0.3) is 0 Å². The van der Waals surface area contributed by atoms with E-state index in [1.54, 1.807) is 24.3 Å². The Morgan fingerprint density at radius 2 is 2.08 bits per heavy atom. The summed E-state index contributed by atoms with van der Waals surface area (Å²) in [7, 11) is 0. The van der Waals surface area contributed by atoms with Gasteiger partial charge in [-0.2, -0.15) is 0 Å². The first-order valence-electron chi connectivity index (χ1n) is 8.19. The van der Waals surface area contributed by atoms with Crippen LogP contribution in [0.1, 0.15) is 23.6 Å². The molecule has 3 rings (SSSR count). The second kappa shape index (κ2) is 7.33. The van der Waals surface area contributed by atoms with Crippen molar-refractivity contribution in [3.63, 3.8) is 0 Å². The summed E-state index contributed by atoms with van der Waals surface area (Å²) in [6.45, 7) is 2.53. The summed E-state index contributed by atoms with van der Waals surface area (Å²) in [5.74, 6) is 1.85. The van der Waals surface area contributed by atoms with Crippen LogP contribution in [0.4, 0.5) is 0 Å². The van der Waals surface area contributed by atoms with Crippen LogP contribution < -0.4 is 15.8 Å². The molecule has 0 saturated carbocycles. The van der Waals surface area contributed by atoms with Crippen LogP contribution in [0.5, 0.6) is 5.75 Å². The van der Waals surface area contributed by atoms with Crippen molar-refractivity contribution in [2.24, 2.45) is 5.73 Å². The third-order valence-corrected chi connectivity index (χ3v) is 4.17. The van der Waals surface area contributed by atoms with Gasteiger partial charge in [-0.3, -0.25) is 9.59 Å². The molecule has 1 aromatic heterocycles. The predicted octanol–water partition coefficient (Wildman–Crippen LogP) is 0.124. The van der Waals surface area contributed by atoms with E-state index in [4.69, 9.17) is 10.5 Å². The number of fused-ring (bicyclic) bond motifs is 1. The van der Waals surface area contributed by atoms with Crippen LogP contribution >= 0.6 is 0 Å². The summed E-state index contributed by atoms with van der Waals surface area (Å²) in [5, 5.41) is 11.2. The summed E-state index contributed by atoms with van der Waals surface area (Å²) >= 11 is 0. The summed E-state index contributed by atoms with van der Waals surface area (Å²) in [6.07, 6.45) is 1.83. The normalized spacial score (nSPS) is 16.1. The fourth-order valence-corrected chi connectivity index (χ4v) is 2.90. The first-order chi connectivity index (χ1) is 12.0. The van der Waals surface area contributed by atoms with Crippen LogP contribution in [-0.2, 0) is 29.0 Å². The molecule has 0 fully saturated rings. The van der Waals surface area contributed by atoms with Gasteiger partial charge in [0, 0.05) is 19.0 Å². The van der Waals surface area contributed by atoms with Gasteiger partial charge in [0.2, 0.25) is 5.91 Å². The number of rotatable bonds is 6. The summed E-state index contributed by atoms with van der Waals surface area (Å²) in [4.78, 5) is 23.0. The number of aromatic nitrogens is 3. The number of carbonyl (C=O) groups is 2. The van der Waals surface area contributed by atoms with Crippen molar-refractivity contribution >= 4 is 11.8 Å². The number of aryl methyl sites for hydroxylation is 2. The second-order valence-electron chi connectivity index (χ2n) is 6.15. The zero-order chi connectivity index (χ0) is 17.8. The van der Waals surface area contributed by atoms with E-state index in [9.17, 15) is 9.59 Å². The van der Waals surface area contributed by atoms with Gasteiger partial charge < -0.3 is 20.4 Å². The first kappa shape index (κ1) is 16.9. The zero-order valence-electron chi connectivity index (χ0n) is 14.1. The van der Waals surface area contributed by atoms with Crippen molar-refractivity contribution in [2.45, 2.75) is 38.8 Å². The van der Waals surface area contributed by atoms with Crippen molar-refractivity contribution < 1.29 is 14.3 Å². The standard InChI is InChI=1S/C17H21N5O3/c1-11-20-21-16-7-4-13(9-22(11)16)19-17(24)10-25-14-5-2-12(3-6-14)8-15(18)23/h2-3,5-6,13H,4,7-10H2,1H3,(H2,18,23)(H,19,24). The van der Waals surface area contributed by atoms with Crippen LogP contribution in [0, 0.1) is 6.92 Å². The van der Waals surface area contributed by atoms with E-state index in [0.717, 1.165) is 30.1 Å². The molecule has 8 nitrogen and oxygen atoms in total. The fourth-order valence-electron chi connectivity index (χ4n) is 2.90. The number of amides is 2. The van der Waals surface area contributed by atoms with E-state index in [2.05, 4.69) is 15.5 Å². The average Bonchev–Trinajstić information content (AvgIpc) is 2.95. The third-order valence-electron chi connectivity index (χ3n) is 4.17. The minimum absolute atomic E-state index is 0.0521. The third kappa shape index (κ3) is 4.34. The monoisotopic (exact) mass is 343 g/mol. The molecule has 0 aliphatic carbocycles. The van der Waals surface area contributed by atoms with Crippen molar-refractivity contribution in [2.75, 3.05) is 6.61 Å². The Morgan fingerprint density at radius 3 is 2.80 bits per heavy atom. The highest BCUT2D eigenvalue weighted by atomic mass is 16.5. The van der Waals surface area contributed by atoms with Gasteiger partial charge in [0.25, 0.3) is 5.91 Å². The number of ether oxygens (including phenoxy) is 1. The molecule has 25 heavy (non-hydrogen) atoms. The number of benzene rings is 1. The van der Waals surface area contributed by atoms with Crippen molar-refractivity contribution in [1.29, 1.82) is 0 Å². The molecule has 0 saturated heterocycles. The molecule has 1 unspecified atom stereocenters. The lowest BCUT2D eigenvalue weighted by Gasteiger charge is -2.24. The fraction of sp³-hybridized carbons (Fsp3) is 0.412. The Bertz CT molecular complexity index is 769. The van der Waals surface area contributed by atoms with Crippen LogP contribution in [0.15, 0.2) is 24.3 Å². The number of primary amides is 1. The maximum Gasteiger partial charge on any atom is 0.258 e. The molecular weight excluding hydrogens is 322 g/mol. The average molecular weight is 343 g/mol. The predicted molar refractivity (Wildman–Crippen MR) is 89.8 cm³/mol. The maximum absolute atomic E-state index is 12.1. The highest BCUT2D eigenvalue weighted by molar-refractivity contribution is 5.78. The topological polar surface area (TPSA) is 112 Å². The summed E-state index contributed by atoms with van der Waals surface area (Å²) in [5.41, 5.74) is 5.96. The molecule has 0 spiro atoms. The lowest BCUT2D eigenvalue weighted by Crippen LogP contribution is -2.43. The smallest absolute Gasteiger partial charge is 0.258 e. The minimum atomic E-state index is -0.382. The van der Waals surface area contributed by atoms with Gasteiger partial charge in [-0.15, -0.1) is 10.2 Å². The van der Waals surface area contributed by atoms with Crippen LogP contribution in [0.2, 0.25) is 0 Å². The number of hydrogen-bond donors (Lipinski definition) is 2. The summed E-state index contributed by atoms with van der Waals surface area (Å²) < 4.78 is 7.52. The number of nitrogens with two attached hydrogens (primary N) is 1. The number of hydrogen-bond acceptors (Lipinski definition) is 5. The molecular formula is C17H21N5O3. The molecule has 8 heteroatoms. The van der Waals surface area contributed by atoms with Gasteiger partial charge in [-0.05, 0) is 31.0 Å². The Kier molecular flexibility index (Phi) is 4.97. The molecule has 2 heterocycles. The molecule has 1 atom stereocenters. The van der Waals surface area contributed by atoms with Crippen molar-refractivity contribution in [3.05, 3.63) is 41.5 Å². The Balaban J connectivity index is 1.47. The SMILES string of the molecule is Cc1nnc2n1CC(NC(=O)COc1ccc(CC(N)=O)cc1)CC2. The number of carbonyl (C=O) groups excluding carboxylic acids is 2. The highest BCUT2D eigenvalue weighted by Gasteiger charge is 2.22. The Hall–Kier alpha value is -2.90. The lowest BCUT2D eigenvalue weighted by molar-refractivity contribution is -0.124. The van der Waals surface area contributed by atoms with E-state index in [1.807, 2.05) is 11.5 Å². The van der Waals surface area contributed by atoms with Gasteiger partial charge in [0.15, 0.2) is 6.61 Å². The quantitative estimate of drug-likeness (QED) is 0.774. The second-order valence-corrected chi connectivity index (χ2v) is 6.15. The van der Waals surface area contributed by atoms with Gasteiger partial charge in [0.1, 0.15) is 17.4 Å². The minimum Gasteiger partial charge on any atom is -0.484 e. The van der Waals surface area contributed by atoms with Gasteiger partial charge in [-0.25, -0.2) is 0 Å². The van der Waals surface area contributed by atoms with E-state index in [1.165, 1.54) is 0 Å². The largest absolute Gasteiger partial charge is 0.484 e. The highest BCUT2D eigenvalue weighted by Crippen LogP contribution is 2.15. The zero-order valence-corrected chi connectivity index (χ0v) is 14.1. The molecule has 1 aliphatic rings.